The maximum atomic E-state index is 13.5. The van der Waals surface area contributed by atoms with Crippen molar-refractivity contribution in [1.82, 2.24) is 15.1 Å². The van der Waals surface area contributed by atoms with Gasteiger partial charge < -0.3 is 14.6 Å². The number of thiophene rings is 1. The van der Waals surface area contributed by atoms with Crippen LogP contribution in [-0.2, 0) is 11.3 Å². The van der Waals surface area contributed by atoms with E-state index < -0.39 is 6.04 Å². The lowest BCUT2D eigenvalue weighted by molar-refractivity contribution is -0.134. The van der Waals surface area contributed by atoms with E-state index in [1.165, 1.54) is 23.5 Å². The molecular weight excluding hydrogens is 417 g/mol. The normalized spacial score (nSPS) is 15.6. The summed E-state index contributed by atoms with van der Waals surface area (Å²) in [5.74, 6) is -0.635. The number of rotatable bonds is 6. The maximum absolute atomic E-state index is 13.5. The maximum Gasteiger partial charge on any atom is 0.255 e. The molecule has 0 saturated carbocycles. The molecule has 0 bridgehead atoms. The van der Waals surface area contributed by atoms with E-state index >= 15 is 0 Å². The first kappa shape index (κ1) is 21.3. The van der Waals surface area contributed by atoms with Gasteiger partial charge in [0.05, 0.1) is 11.8 Å². The van der Waals surface area contributed by atoms with Gasteiger partial charge in [0, 0.05) is 42.5 Å². The summed E-state index contributed by atoms with van der Waals surface area (Å²) in [7, 11) is 0. The Hall–Kier alpha value is -2.97. The van der Waals surface area contributed by atoms with Crippen molar-refractivity contribution in [2.75, 3.05) is 26.2 Å². The molecule has 1 aliphatic heterocycles. The van der Waals surface area contributed by atoms with Crippen LogP contribution in [0.1, 0.15) is 22.2 Å². The average molecular weight is 442 g/mol. The number of amides is 2. The number of halogens is 1. The van der Waals surface area contributed by atoms with Crippen molar-refractivity contribution in [2.45, 2.75) is 19.5 Å². The van der Waals surface area contributed by atoms with Crippen LogP contribution in [0.4, 0.5) is 4.39 Å². The standard InChI is InChI=1S/C23H24FN3O3S/c1-16(25-22(28)18-7-12-30-15-18)23(29)27-10-8-26(9-11-27)14-20-5-6-21(31-20)17-3-2-4-19(24)13-17/h2-7,12-13,15-16H,8-11,14H2,1H3,(H,25,28). The summed E-state index contributed by atoms with van der Waals surface area (Å²) in [5, 5.41) is 2.72. The third kappa shape index (κ3) is 5.21. The van der Waals surface area contributed by atoms with Crippen molar-refractivity contribution in [3.63, 3.8) is 0 Å². The smallest absolute Gasteiger partial charge is 0.255 e. The third-order valence-electron chi connectivity index (χ3n) is 5.34. The van der Waals surface area contributed by atoms with Crippen molar-refractivity contribution in [1.29, 1.82) is 0 Å². The lowest BCUT2D eigenvalue weighted by atomic mass is 10.2. The highest BCUT2D eigenvalue weighted by atomic mass is 32.1. The molecule has 1 atom stereocenters. The summed E-state index contributed by atoms with van der Waals surface area (Å²) < 4.78 is 18.4. The fourth-order valence-corrected chi connectivity index (χ4v) is 4.66. The molecule has 0 spiro atoms. The minimum atomic E-state index is -0.597. The molecule has 2 aromatic heterocycles. The summed E-state index contributed by atoms with van der Waals surface area (Å²) >= 11 is 1.66. The Kier molecular flexibility index (Phi) is 6.48. The fourth-order valence-electron chi connectivity index (χ4n) is 3.62. The van der Waals surface area contributed by atoms with Crippen molar-refractivity contribution in [3.8, 4) is 10.4 Å². The van der Waals surface area contributed by atoms with Crippen molar-refractivity contribution < 1.29 is 18.4 Å². The third-order valence-corrected chi connectivity index (χ3v) is 6.45. The quantitative estimate of drug-likeness (QED) is 0.635. The largest absolute Gasteiger partial charge is 0.472 e. The number of benzene rings is 1. The van der Waals surface area contributed by atoms with Crippen molar-refractivity contribution in [3.05, 3.63) is 71.2 Å². The van der Waals surface area contributed by atoms with E-state index in [-0.39, 0.29) is 17.6 Å². The summed E-state index contributed by atoms with van der Waals surface area (Å²) in [4.78, 5) is 31.2. The second-order valence-electron chi connectivity index (χ2n) is 7.58. The molecule has 3 heterocycles. The average Bonchev–Trinajstić information content (AvgIpc) is 3.46. The van der Waals surface area contributed by atoms with E-state index in [4.69, 9.17) is 4.42 Å². The van der Waals surface area contributed by atoms with E-state index in [2.05, 4.69) is 16.3 Å². The molecule has 1 N–H and O–H groups in total. The first-order chi connectivity index (χ1) is 15.0. The van der Waals surface area contributed by atoms with Crippen LogP contribution in [0.5, 0.6) is 0 Å². The molecule has 162 valence electrons. The van der Waals surface area contributed by atoms with Gasteiger partial charge in [0.15, 0.2) is 0 Å². The van der Waals surface area contributed by atoms with Gasteiger partial charge in [0.1, 0.15) is 18.1 Å². The van der Waals surface area contributed by atoms with Crippen LogP contribution in [0, 0.1) is 5.82 Å². The molecule has 1 aromatic carbocycles. The predicted octanol–water partition coefficient (Wildman–Crippen LogP) is 3.61. The number of nitrogens with zero attached hydrogens (tertiary/aromatic N) is 2. The minimum absolute atomic E-state index is 0.0824. The SMILES string of the molecule is CC(NC(=O)c1ccoc1)C(=O)N1CCN(Cc2ccc(-c3cccc(F)c3)s2)CC1. The van der Waals surface area contributed by atoms with Crippen LogP contribution in [0.25, 0.3) is 10.4 Å². The van der Waals surface area contributed by atoms with Gasteiger partial charge in [-0.05, 0) is 42.8 Å². The first-order valence-corrected chi connectivity index (χ1v) is 11.0. The molecule has 4 rings (SSSR count). The number of hydrogen-bond acceptors (Lipinski definition) is 5. The monoisotopic (exact) mass is 441 g/mol. The Morgan fingerprint density at radius 3 is 2.68 bits per heavy atom. The number of piperazine rings is 1. The van der Waals surface area contributed by atoms with Gasteiger partial charge in [-0.2, -0.15) is 0 Å². The molecule has 2 amide bonds. The number of hydrogen-bond donors (Lipinski definition) is 1. The Labute approximate surface area is 184 Å². The Balaban J connectivity index is 1.27. The van der Waals surface area contributed by atoms with Crippen molar-refractivity contribution in [2.24, 2.45) is 0 Å². The molecule has 1 aliphatic rings. The topological polar surface area (TPSA) is 65.8 Å². The zero-order valence-corrected chi connectivity index (χ0v) is 18.0. The Bertz CT molecular complexity index is 1040. The lowest BCUT2D eigenvalue weighted by Crippen LogP contribution is -2.53. The molecule has 0 aliphatic carbocycles. The summed E-state index contributed by atoms with van der Waals surface area (Å²) in [6.07, 6.45) is 2.78. The van der Waals surface area contributed by atoms with Gasteiger partial charge in [0.2, 0.25) is 5.91 Å². The highest BCUT2D eigenvalue weighted by molar-refractivity contribution is 7.15. The van der Waals surface area contributed by atoms with Crippen LogP contribution in [-0.4, -0.2) is 53.8 Å². The number of carbonyl (C=O) groups excluding carboxylic acids is 2. The zero-order valence-electron chi connectivity index (χ0n) is 17.2. The highest BCUT2D eigenvalue weighted by Gasteiger charge is 2.26. The predicted molar refractivity (Wildman–Crippen MR) is 117 cm³/mol. The van der Waals surface area contributed by atoms with E-state index in [9.17, 15) is 14.0 Å². The van der Waals surface area contributed by atoms with Crippen LogP contribution < -0.4 is 5.32 Å². The minimum Gasteiger partial charge on any atom is -0.472 e. The fraction of sp³-hybridized carbons (Fsp3) is 0.304. The molecular formula is C23H24FN3O3S. The van der Waals surface area contributed by atoms with E-state index in [0.717, 1.165) is 30.1 Å². The van der Waals surface area contributed by atoms with E-state index in [1.807, 2.05) is 12.1 Å². The van der Waals surface area contributed by atoms with Crippen molar-refractivity contribution >= 4 is 23.2 Å². The van der Waals surface area contributed by atoms with E-state index in [0.29, 0.717) is 18.7 Å². The number of carbonyl (C=O) groups is 2. The summed E-state index contributed by atoms with van der Waals surface area (Å²) in [6.45, 7) is 5.27. The van der Waals surface area contributed by atoms with E-state index in [1.54, 1.807) is 41.4 Å². The lowest BCUT2D eigenvalue weighted by Gasteiger charge is -2.35. The van der Waals surface area contributed by atoms with Gasteiger partial charge in [-0.25, -0.2) is 4.39 Å². The molecule has 6 nitrogen and oxygen atoms in total. The van der Waals surface area contributed by atoms with Crippen LogP contribution in [0.15, 0.2) is 59.4 Å². The van der Waals surface area contributed by atoms with Crippen LogP contribution in [0.3, 0.4) is 0 Å². The number of nitrogens with one attached hydrogen (secondary N) is 1. The molecule has 0 radical (unpaired) electrons. The zero-order chi connectivity index (χ0) is 21.8. The Morgan fingerprint density at radius 2 is 1.97 bits per heavy atom. The molecule has 1 unspecified atom stereocenters. The molecule has 3 aromatic rings. The van der Waals surface area contributed by atoms with Gasteiger partial charge in [0.25, 0.3) is 5.91 Å². The molecule has 8 heteroatoms. The van der Waals surface area contributed by atoms with Crippen LogP contribution in [0.2, 0.25) is 0 Å². The van der Waals surface area contributed by atoms with Crippen LogP contribution >= 0.6 is 11.3 Å². The van der Waals surface area contributed by atoms with Gasteiger partial charge in [-0.1, -0.05) is 12.1 Å². The van der Waals surface area contributed by atoms with Gasteiger partial charge >= 0.3 is 0 Å². The number of furan rings is 1. The van der Waals surface area contributed by atoms with Gasteiger partial charge in [-0.3, -0.25) is 14.5 Å². The summed E-state index contributed by atoms with van der Waals surface area (Å²) in [6, 6.07) is 11.7. The molecule has 1 fully saturated rings. The molecule has 31 heavy (non-hydrogen) atoms. The second-order valence-corrected chi connectivity index (χ2v) is 8.75. The molecule has 1 saturated heterocycles. The first-order valence-electron chi connectivity index (χ1n) is 10.2. The summed E-state index contributed by atoms with van der Waals surface area (Å²) in [5.41, 5.74) is 1.29. The highest BCUT2D eigenvalue weighted by Crippen LogP contribution is 2.29. The van der Waals surface area contributed by atoms with Gasteiger partial charge in [-0.15, -0.1) is 11.3 Å². The Morgan fingerprint density at radius 1 is 1.16 bits per heavy atom. The second kappa shape index (κ2) is 9.45.